The Morgan fingerprint density at radius 1 is 1.67 bits per heavy atom. The van der Waals surface area contributed by atoms with E-state index in [1.165, 1.54) is 12.3 Å². The first-order valence-electron chi connectivity index (χ1n) is 4.69. The average Bonchev–Trinajstić information content (AvgIpc) is 2.23. The molecular weight excluding hydrogens is 200 g/mol. The Hall–Kier alpha value is -1.40. The van der Waals surface area contributed by atoms with Crippen LogP contribution in [0, 0.1) is 5.92 Å². The van der Waals surface area contributed by atoms with E-state index >= 15 is 0 Å². The minimum absolute atomic E-state index is 0.218. The van der Waals surface area contributed by atoms with Crippen molar-refractivity contribution in [2.45, 2.75) is 25.6 Å². The Bertz CT molecular complexity index is 339. The van der Waals surface area contributed by atoms with Gasteiger partial charge in [-0.1, -0.05) is 5.16 Å². The Morgan fingerprint density at radius 3 is 3.07 bits per heavy atom. The lowest BCUT2D eigenvalue weighted by Crippen LogP contribution is -2.56. The van der Waals surface area contributed by atoms with Crippen molar-refractivity contribution in [3.63, 3.8) is 0 Å². The van der Waals surface area contributed by atoms with Crippen molar-refractivity contribution in [3.8, 4) is 0 Å². The van der Waals surface area contributed by atoms with Gasteiger partial charge in [-0.15, -0.1) is 5.06 Å². The molecule has 0 aromatic rings. The summed E-state index contributed by atoms with van der Waals surface area (Å²) in [6.45, 7) is 1.76. The summed E-state index contributed by atoms with van der Waals surface area (Å²) >= 11 is 0. The highest BCUT2D eigenvalue weighted by atomic mass is 16.6. The van der Waals surface area contributed by atoms with Crippen LogP contribution in [-0.4, -0.2) is 39.2 Å². The fourth-order valence-electron chi connectivity index (χ4n) is 1.93. The third kappa shape index (κ3) is 1.51. The molecule has 0 bridgehead atoms. The van der Waals surface area contributed by atoms with E-state index in [1.807, 2.05) is 0 Å². The normalized spacial score (nSPS) is 38.9. The number of allylic oxidation sites excluding steroid dienone is 1. The van der Waals surface area contributed by atoms with Crippen LogP contribution in [0.2, 0.25) is 0 Å². The summed E-state index contributed by atoms with van der Waals surface area (Å²) in [5.41, 5.74) is 0.354. The molecule has 3 unspecified atom stereocenters. The van der Waals surface area contributed by atoms with Crippen molar-refractivity contribution < 1.29 is 19.9 Å². The molecule has 6 heteroatoms. The van der Waals surface area contributed by atoms with E-state index < -0.39 is 12.1 Å². The summed E-state index contributed by atoms with van der Waals surface area (Å²) in [5, 5.41) is 22.6. The second-order valence-corrected chi connectivity index (χ2v) is 3.73. The summed E-state index contributed by atoms with van der Waals surface area (Å²) in [6.07, 6.45) is 2.09. The number of ketones is 1. The molecule has 2 aliphatic heterocycles. The molecule has 0 aromatic carbocycles. The molecular formula is C9H12N2O4. The highest BCUT2D eigenvalue weighted by Gasteiger charge is 2.45. The zero-order valence-corrected chi connectivity index (χ0v) is 8.20. The molecule has 0 radical (unpaired) electrons. The van der Waals surface area contributed by atoms with E-state index in [1.54, 1.807) is 6.92 Å². The van der Waals surface area contributed by atoms with Crippen molar-refractivity contribution in [2.75, 3.05) is 0 Å². The van der Waals surface area contributed by atoms with E-state index in [-0.39, 0.29) is 11.8 Å². The second-order valence-electron chi connectivity index (χ2n) is 3.73. The first kappa shape index (κ1) is 10.1. The average molecular weight is 212 g/mol. The minimum atomic E-state index is -0.780. The minimum Gasteiger partial charge on any atom is -0.479 e. The number of hydrogen-bond acceptors (Lipinski definition) is 6. The maximum atomic E-state index is 11.6. The number of piperidine rings is 1. The fraction of sp³-hybridized carbons (Fsp3) is 0.556. The molecule has 3 atom stereocenters. The molecule has 2 N–H and O–H groups in total. The van der Waals surface area contributed by atoms with Gasteiger partial charge >= 0.3 is 0 Å². The van der Waals surface area contributed by atoms with E-state index in [0.29, 0.717) is 12.1 Å². The molecule has 0 saturated carbocycles. The van der Waals surface area contributed by atoms with E-state index in [9.17, 15) is 10.0 Å². The molecule has 2 aliphatic rings. The summed E-state index contributed by atoms with van der Waals surface area (Å²) < 4.78 is 5.15. The SMILES string of the molecule is CC1C/C(=N/O)C2C(=O)C=COC2N1O. The van der Waals surface area contributed by atoms with Crippen molar-refractivity contribution in [2.24, 2.45) is 11.1 Å². The van der Waals surface area contributed by atoms with Gasteiger partial charge in [-0.2, -0.15) is 0 Å². The van der Waals surface area contributed by atoms with Gasteiger partial charge in [0.05, 0.1) is 12.0 Å². The highest BCUT2D eigenvalue weighted by Crippen LogP contribution is 2.29. The van der Waals surface area contributed by atoms with Gasteiger partial charge in [0, 0.05) is 18.5 Å². The molecule has 6 nitrogen and oxygen atoms in total. The molecule has 1 saturated heterocycles. The number of ether oxygens (including phenoxy) is 1. The molecule has 0 aromatic heterocycles. The smallest absolute Gasteiger partial charge is 0.188 e. The van der Waals surface area contributed by atoms with Crippen LogP contribution in [0.1, 0.15) is 13.3 Å². The Kier molecular flexibility index (Phi) is 2.45. The predicted molar refractivity (Wildman–Crippen MR) is 49.4 cm³/mol. The molecule has 0 aliphatic carbocycles. The summed E-state index contributed by atoms with van der Waals surface area (Å²) in [6, 6.07) is -0.239. The number of carbonyl (C=O) groups is 1. The predicted octanol–water partition coefficient (Wildman–Crippen LogP) is 0.355. The largest absolute Gasteiger partial charge is 0.479 e. The quantitative estimate of drug-likeness (QED) is 0.447. The van der Waals surface area contributed by atoms with E-state index in [0.717, 1.165) is 5.06 Å². The number of oxime groups is 1. The topological polar surface area (TPSA) is 82.4 Å². The number of rotatable bonds is 0. The molecule has 15 heavy (non-hydrogen) atoms. The molecule has 82 valence electrons. The van der Waals surface area contributed by atoms with Crippen LogP contribution in [0.15, 0.2) is 17.5 Å². The molecule has 2 rings (SSSR count). The van der Waals surface area contributed by atoms with E-state index in [2.05, 4.69) is 5.16 Å². The zero-order chi connectivity index (χ0) is 11.0. The van der Waals surface area contributed by atoms with Crippen LogP contribution >= 0.6 is 0 Å². The van der Waals surface area contributed by atoms with Crippen LogP contribution in [0.25, 0.3) is 0 Å². The first-order chi connectivity index (χ1) is 7.15. The lowest BCUT2D eigenvalue weighted by atomic mass is 9.86. The molecule has 1 fully saturated rings. The fourth-order valence-corrected chi connectivity index (χ4v) is 1.93. The lowest BCUT2D eigenvalue weighted by Gasteiger charge is -2.40. The van der Waals surface area contributed by atoms with Crippen LogP contribution in [0.5, 0.6) is 0 Å². The van der Waals surface area contributed by atoms with Crippen LogP contribution in [-0.2, 0) is 9.53 Å². The summed E-state index contributed by atoms with van der Waals surface area (Å²) in [5.74, 6) is -0.925. The number of fused-ring (bicyclic) bond motifs is 1. The van der Waals surface area contributed by atoms with Crippen molar-refractivity contribution in [3.05, 3.63) is 12.3 Å². The van der Waals surface area contributed by atoms with Crippen molar-refractivity contribution >= 4 is 11.5 Å². The monoisotopic (exact) mass is 212 g/mol. The van der Waals surface area contributed by atoms with Gasteiger partial charge in [-0.05, 0) is 6.92 Å². The zero-order valence-electron chi connectivity index (χ0n) is 8.20. The standard InChI is InChI=1S/C9H12N2O4/c1-5-4-6(10-13)8-7(12)2-3-15-9(8)11(5)14/h2-3,5,8-9,13-14H,4H2,1H3/b10-6-. The molecule has 2 heterocycles. The van der Waals surface area contributed by atoms with E-state index in [4.69, 9.17) is 9.94 Å². The van der Waals surface area contributed by atoms with Gasteiger partial charge in [0.15, 0.2) is 12.0 Å². The number of carbonyl (C=O) groups excluding carboxylic acids is 1. The van der Waals surface area contributed by atoms with Crippen LogP contribution < -0.4 is 0 Å². The number of nitrogens with zero attached hydrogens (tertiary/aromatic N) is 2. The molecule has 0 amide bonds. The maximum Gasteiger partial charge on any atom is 0.188 e. The molecule has 0 spiro atoms. The summed E-state index contributed by atoms with van der Waals surface area (Å²) in [7, 11) is 0. The van der Waals surface area contributed by atoms with Crippen molar-refractivity contribution in [1.82, 2.24) is 5.06 Å². The van der Waals surface area contributed by atoms with Gasteiger partial charge in [0.25, 0.3) is 0 Å². The number of hydroxylamine groups is 2. The van der Waals surface area contributed by atoms with Crippen LogP contribution in [0.3, 0.4) is 0 Å². The van der Waals surface area contributed by atoms with Crippen molar-refractivity contribution in [1.29, 1.82) is 0 Å². The highest BCUT2D eigenvalue weighted by molar-refractivity contribution is 6.10. The first-order valence-corrected chi connectivity index (χ1v) is 4.69. The third-order valence-electron chi connectivity index (χ3n) is 2.75. The van der Waals surface area contributed by atoms with Crippen LogP contribution in [0.4, 0.5) is 0 Å². The Labute approximate surface area is 86.4 Å². The van der Waals surface area contributed by atoms with Gasteiger partial charge in [0.2, 0.25) is 0 Å². The Balaban J connectivity index is 2.35. The third-order valence-corrected chi connectivity index (χ3v) is 2.75. The lowest BCUT2D eigenvalue weighted by molar-refractivity contribution is -0.237. The van der Waals surface area contributed by atoms with Gasteiger partial charge in [-0.25, -0.2) is 0 Å². The number of hydrogen-bond donors (Lipinski definition) is 2. The van der Waals surface area contributed by atoms with Gasteiger partial charge in [0.1, 0.15) is 5.92 Å². The second kappa shape index (κ2) is 3.63. The van der Waals surface area contributed by atoms with Gasteiger partial charge in [-0.3, -0.25) is 4.79 Å². The Morgan fingerprint density at radius 2 is 2.40 bits per heavy atom. The maximum absolute atomic E-state index is 11.6. The summed E-state index contributed by atoms with van der Waals surface area (Å²) in [4.78, 5) is 11.6. The van der Waals surface area contributed by atoms with Gasteiger partial charge < -0.3 is 15.2 Å².